The molecule has 1 amide bonds. The molecule has 5 heteroatoms. The number of aromatic nitrogens is 2. The lowest BCUT2D eigenvalue weighted by Gasteiger charge is -2.05. The highest BCUT2D eigenvalue weighted by Gasteiger charge is 2.05. The molecule has 0 saturated heterocycles. The predicted molar refractivity (Wildman–Crippen MR) is 75.1 cm³/mol. The maximum Gasteiger partial charge on any atom is 0.271 e. The van der Waals surface area contributed by atoms with Gasteiger partial charge < -0.3 is 5.32 Å². The van der Waals surface area contributed by atoms with Gasteiger partial charge in [-0.2, -0.15) is 5.10 Å². The maximum atomic E-state index is 11.6. The first-order valence-corrected chi connectivity index (χ1v) is 6.93. The molecule has 1 rings (SSSR count). The number of hydrogen-bond acceptors (Lipinski definition) is 3. The summed E-state index contributed by atoms with van der Waals surface area (Å²) in [5.41, 5.74) is -0.0545. The van der Waals surface area contributed by atoms with Crippen LogP contribution in [0.2, 0.25) is 0 Å². The van der Waals surface area contributed by atoms with Crippen molar-refractivity contribution in [3.8, 4) is 0 Å². The number of carbonyl (C=O) groups excluding carboxylic acids is 1. The van der Waals surface area contributed by atoms with E-state index in [1.807, 2.05) is 0 Å². The highest BCUT2D eigenvalue weighted by Crippen LogP contribution is 2.08. The second-order valence-corrected chi connectivity index (χ2v) is 5.16. The molecule has 0 unspecified atom stereocenters. The van der Waals surface area contributed by atoms with Crippen molar-refractivity contribution in [1.82, 2.24) is 15.5 Å². The summed E-state index contributed by atoms with van der Waals surface area (Å²) in [6.07, 6.45) is 5.85. The Morgan fingerprint density at radius 3 is 2.63 bits per heavy atom. The number of amides is 1. The second-order valence-electron chi connectivity index (χ2n) is 5.16. The molecule has 0 aromatic carbocycles. The molecule has 0 atom stereocenters. The Morgan fingerprint density at radius 1 is 1.26 bits per heavy atom. The van der Waals surface area contributed by atoms with Gasteiger partial charge in [-0.1, -0.05) is 39.5 Å². The fourth-order valence-electron chi connectivity index (χ4n) is 1.79. The summed E-state index contributed by atoms with van der Waals surface area (Å²) in [5, 5.41) is 8.71. The van der Waals surface area contributed by atoms with E-state index in [0.29, 0.717) is 6.54 Å². The zero-order valence-electron chi connectivity index (χ0n) is 11.7. The number of aromatic amines is 1. The molecule has 1 aromatic heterocycles. The molecule has 0 aliphatic heterocycles. The van der Waals surface area contributed by atoms with Crippen LogP contribution >= 0.6 is 0 Å². The molecule has 0 saturated carbocycles. The van der Waals surface area contributed by atoms with Crippen molar-refractivity contribution in [2.75, 3.05) is 6.54 Å². The van der Waals surface area contributed by atoms with E-state index in [-0.39, 0.29) is 17.2 Å². The van der Waals surface area contributed by atoms with Gasteiger partial charge in [0.15, 0.2) is 0 Å². The van der Waals surface area contributed by atoms with Gasteiger partial charge in [0, 0.05) is 12.6 Å². The average Bonchev–Trinajstić information content (AvgIpc) is 2.38. The summed E-state index contributed by atoms with van der Waals surface area (Å²) in [4.78, 5) is 22.4. The third-order valence-electron chi connectivity index (χ3n) is 2.91. The molecule has 2 N–H and O–H groups in total. The van der Waals surface area contributed by atoms with Crippen LogP contribution in [-0.4, -0.2) is 22.6 Å². The van der Waals surface area contributed by atoms with E-state index in [1.165, 1.54) is 31.4 Å². The summed E-state index contributed by atoms with van der Waals surface area (Å²) in [5.74, 6) is 0.532. The van der Waals surface area contributed by atoms with Gasteiger partial charge in [0.05, 0.1) is 0 Å². The lowest BCUT2D eigenvalue weighted by Crippen LogP contribution is -2.26. The first-order chi connectivity index (χ1) is 9.09. The zero-order chi connectivity index (χ0) is 14.1. The van der Waals surface area contributed by atoms with E-state index in [1.54, 1.807) is 0 Å². The van der Waals surface area contributed by atoms with Crippen LogP contribution in [0, 0.1) is 5.92 Å². The number of carbonyl (C=O) groups is 1. The number of hydrogen-bond donors (Lipinski definition) is 2. The van der Waals surface area contributed by atoms with Gasteiger partial charge in [-0.15, -0.1) is 0 Å². The first kappa shape index (κ1) is 15.4. The normalized spacial score (nSPS) is 10.7. The number of rotatable bonds is 8. The van der Waals surface area contributed by atoms with E-state index >= 15 is 0 Å². The Labute approximate surface area is 113 Å². The highest BCUT2D eigenvalue weighted by molar-refractivity contribution is 5.91. The van der Waals surface area contributed by atoms with E-state index in [4.69, 9.17) is 0 Å². The smallest absolute Gasteiger partial charge is 0.271 e. The minimum Gasteiger partial charge on any atom is -0.351 e. The van der Waals surface area contributed by atoms with Crippen molar-refractivity contribution < 1.29 is 4.79 Å². The third-order valence-corrected chi connectivity index (χ3v) is 2.91. The van der Waals surface area contributed by atoms with Gasteiger partial charge in [-0.25, -0.2) is 5.10 Å². The largest absolute Gasteiger partial charge is 0.351 e. The Kier molecular flexibility index (Phi) is 6.85. The van der Waals surface area contributed by atoms with E-state index in [9.17, 15) is 9.59 Å². The van der Waals surface area contributed by atoms with Gasteiger partial charge in [-0.3, -0.25) is 9.59 Å². The lowest BCUT2D eigenvalue weighted by molar-refractivity contribution is 0.0947. The second kappa shape index (κ2) is 8.45. The molecule has 0 spiro atoms. The monoisotopic (exact) mass is 265 g/mol. The topological polar surface area (TPSA) is 74.8 Å². The van der Waals surface area contributed by atoms with Crippen LogP contribution in [-0.2, 0) is 0 Å². The summed E-state index contributed by atoms with van der Waals surface area (Å²) < 4.78 is 0. The van der Waals surface area contributed by atoms with Crippen LogP contribution in [0.25, 0.3) is 0 Å². The van der Waals surface area contributed by atoms with Gasteiger partial charge in [0.25, 0.3) is 11.5 Å². The van der Waals surface area contributed by atoms with Crippen LogP contribution < -0.4 is 10.9 Å². The van der Waals surface area contributed by atoms with E-state index in [2.05, 4.69) is 29.4 Å². The minimum absolute atomic E-state index is 0.238. The van der Waals surface area contributed by atoms with Gasteiger partial charge in [-0.05, 0) is 18.4 Å². The Morgan fingerprint density at radius 2 is 2.00 bits per heavy atom. The van der Waals surface area contributed by atoms with Crippen molar-refractivity contribution in [3.63, 3.8) is 0 Å². The van der Waals surface area contributed by atoms with Crippen molar-refractivity contribution in [2.24, 2.45) is 5.92 Å². The van der Waals surface area contributed by atoms with E-state index < -0.39 is 0 Å². The van der Waals surface area contributed by atoms with Crippen molar-refractivity contribution in [3.05, 3.63) is 28.2 Å². The SMILES string of the molecule is CC(C)CCCCCCNC(=O)c1ccc(=O)[nH]n1. The Balaban J connectivity index is 2.11. The van der Waals surface area contributed by atoms with Gasteiger partial charge in [0.1, 0.15) is 5.69 Å². The third kappa shape index (κ3) is 6.74. The van der Waals surface area contributed by atoms with Crippen LogP contribution in [0.1, 0.15) is 56.4 Å². The molecule has 1 aromatic rings. The van der Waals surface area contributed by atoms with Crippen LogP contribution in [0.3, 0.4) is 0 Å². The Hall–Kier alpha value is -1.65. The predicted octanol–water partition coefficient (Wildman–Crippen LogP) is 2.11. The lowest BCUT2D eigenvalue weighted by atomic mass is 10.0. The molecule has 0 fully saturated rings. The number of unbranched alkanes of at least 4 members (excludes halogenated alkanes) is 3. The fourth-order valence-corrected chi connectivity index (χ4v) is 1.79. The molecule has 0 aliphatic carbocycles. The molecular weight excluding hydrogens is 242 g/mol. The molecular formula is C14H23N3O2. The van der Waals surface area contributed by atoms with Crippen LogP contribution in [0.4, 0.5) is 0 Å². The maximum absolute atomic E-state index is 11.6. The number of nitrogens with zero attached hydrogens (tertiary/aromatic N) is 1. The van der Waals surface area contributed by atoms with Crippen molar-refractivity contribution in [1.29, 1.82) is 0 Å². The highest BCUT2D eigenvalue weighted by atomic mass is 16.2. The molecule has 0 radical (unpaired) electrons. The zero-order valence-corrected chi connectivity index (χ0v) is 11.7. The molecule has 0 aliphatic rings. The molecule has 5 nitrogen and oxygen atoms in total. The summed E-state index contributed by atoms with van der Waals surface area (Å²) in [7, 11) is 0. The molecule has 1 heterocycles. The molecule has 19 heavy (non-hydrogen) atoms. The van der Waals surface area contributed by atoms with Crippen LogP contribution in [0.15, 0.2) is 16.9 Å². The van der Waals surface area contributed by atoms with Crippen molar-refractivity contribution in [2.45, 2.75) is 46.0 Å². The van der Waals surface area contributed by atoms with Gasteiger partial charge in [0.2, 0.25) is 0 Å². The van der Waals surface area contributed by atoms with Gasteiger partial charge >= 0.3 is 0 Å². The van der Waals surface area contributed by atoms with Crippen LogP contribution in [0.5, 0.6) is 0 Å². The molecule has 0 bridgehead atoms. The first-order valence-electron chi connectivity index (χ1n) is 6.93. The van der Waals surface area contributed by atoms with E-state index in [0.717, 1.165) is 18.8 Å². The standard InChI is InChI=1S/C14H23N3O2/c1-11(2)7-5-3-4-6-10-15-14(19)12-8-9-13(18)17-16-12/h8-9,11H,3-7,10H2,1-2H3,(H,15,19)(H,17,18). The number of H-pyrrole nitrogens is 1. The minimum atomic E-state index is -0.304. The quantitative estimate of drug-likeness (QED) is 0.707. The number of nitrogens with one attached hydrogen (secondary N) is 2. The Bertz CT molecular complexity index is 420. The summed E-state index contributed by atoms with van der Waals surface area (Å²) in [6.45, 7) is 5.12. The fraction of sp³-hybridized carbons (Fsp3) is 0.643. The average molecular weight is 265 g/mol. The van der Waals surface area contributed by atoms with Crippen molar-refractivity contribution >= 4 is 5.91 Å². The summed E-state index contributed by atoms with van der Waals surface area (Å²) in [6, 6.07) is 2.73. The summed E-state index contributed by atoms with van der Waals surface area (Å²) >= 11 is 0. The molecule has 106 valence electrons.